The monoisotopic (exact) mass is 345 g/mol. The Balaban J connectivity index is 2.50. The van der Waals surface area contributed by atoms with Gasteiger partial charge < -0.3 is 10.0 Å². The Morgan fingerprint density at radius 2 is 2.26 bits per heavy atom. The molecule has 1 aliphatic rings. The first-order chi connectivity index (χ1) is 8.93. The maximum atomic E-state index is 12.0. The van der Waals surface area contributed by atoms with Crippen LogP contribution < -0.4 is 4.90 Å². The third kappa shape index (κ3) is 2.77. The van der Waals surface area contributed by atoms with Crippen LogP contribution in [0.4, 0.5) is 5.69 Å². The minimum atomic E-state index is -1.04. The summed E-state index contributed by atoms with van der Waals surface area (Å²) >= 11 is 9.07. The van der Waals surface area contributed by atoms with Crippen LogP contribution in [0.15, 0.2) is 16.6 Å². The molecule has 1 N–H and O–H groups in total. The molecule has 6 heteroatoms. The van der Waals surface area contributed by atoms with Crippen LogP contribution in [-0.4, -0.2) is 29.4 Å². The van der Waals surface area contributed by atoms with Gasteiger partial charge in [-0.1, -0.05) is 15.9 Å². The van der Waals surface area contributed by atoms with E-state index in [-0.39, 0.29) is 17.4 Å². The number of carboxylic acid groups (broad SMARTS) is 1. The third-order valence-corrected chi connectivity index (χ3v) is 4.08. The number of benzene rings is 1. The lowest BCUT2D eigenvalue weighted by molar-refractivity contribution is -0.117. The second kappa shape index (κ2) is 5.51. The SMILES string of the molecule is Cc1cc(Br)cc(C(=O)O)c1N1CC(CCl)CC1=O. The Bertz CT molecular complexity index is 547. The fraction of sp³-hybridized carbons (Fsp3) is 0.385. The smallest absolute Gasteiger partial charge is 0.337 e. The Morgan fingerprint density at radius 1 is 1.58 bits per heavy atom. The highest BCUT2D eigenvalue weighted by atomic mass is 79.9. The second-order valence-electron chi connectivity index (χ2n) is 4.65. The first kappa shape index (κ1) is 14.3. The van der Waals surface area contributed by atoms with E-state index < -0.39 is 5.97 Å². The number of aromatic carboxylic acids is 1. The van der Waals surface area contributed by atoms with Crippen molar-refractivity contribution in [3.8, 4) is 0 Å². The number of rotatable bonds is 3. The molecule has 19 heavy (non-hydrogen) atoms. The van der Waals surface area contributed by atoms with E-state index >= 15 is 0 Å². The Morgan fingerprint density at radius 3 is 2.79 bits per heavy atom. The summed E-state index contributed by atoms with van der Waals surface area (Å²) in [6.45, 7) is 2.28. The van der Waals surface area contributed by atoms with E-state index in [9.17, 15) is 14.7 Å². The second-order valence-corrected chi connectivity index (χ2v) is 5.88. The molecule has 1 aromatic rings. The van der Waals surface area contributed by atoms with Gasteiger partial charge in [0.1, 0.15) is 0 Å². The molecule has 1 amide bonds. The lowest BCUT2D eigenvalue weighted by atomic mass is 10.1. The quantitative estimate of drug-likeness (QED) is 0.856. The van der Waals surface area contributed by atoms with Gasteiger partial charge in [-0.25, -0.2) is 4.79 Å². The number of hydrogen-bond acceptors (Lipinski definition) is 2. The normalized spacial score (nSPS) is 19.0. The molecule has 4 nitrogen and oxygen atoms in total. The number of carbonyl (C=O) groups is 2. The van der Waals surface area contributed by atoms with Gasteiger partial charge in [0.05, 0.1) is 11.3 Å². The average Bonchev–Trinajstić information content (AvgIpc) is 2.69. The van der Waals surface area contributed by atoms with Gasteiger partial charge in [0.15, 0.2) is 0 Å². The molecule has 0 aliphatic carbocycles. The van der Waals surface area contributed by atoms with Crippen molar-refractivity contribution < 1.29 is 14.7 Å². The standard InChI is InChI=1S/C13H13BrClNO3/c1-7-2-9(14)4-10(13(18)19)12(7)16-6-8(5-15)3-11(16)17/h2,4,8H,3,5-6H2,1H3,(H,18,19). The molecule has 102 valence electrons. The molecule has 1 fully saturated rings. The zero-order valence-corrected chi connectivity index (χ0v) is 12.7. The van der Waals surface area contributed by atoms with Crippen LogP contribution in [0.25, 0.3) is 0 Å². The van der Waals surface area contributed by atoms with Crippen LogP contribution in [0.2, 0.25) is 0 Å². The number of alkyl halides is 1. The summed E-state index contributed by atoms with van der Waals surface area (Å²) in [5.74, 6) is -0.626. The fourth-order valence-corrected chi connectivity index (χ4v) is 3.14. The number of halogens is 2. The minimum Gasteiger partial charge on any atom is -0.478 e. The van der Waals surface area contributed by atoms with E-state index in [0.717, 1.165) is 5.56 Å². The molecular formula is C13H13BrClNO3. The summed E-state index contributed by atoms with van der Waals surface area (Å²) in [6, 6.07) is 3.33. The van der Waals surface area contributed by atoms with Gasteiger partial charge in [-0.05, 0) is 30.5 Å². The summed E-state index contributed by atoms with van der Waals surface area (Å²) in [4.78, 5) is 24.9. The molecule has 0 bridgehead atoms. The Kier molecular flexibility index (Phi) is 4.16. The van der Waals surface area contributed by atoms with Gasteiger partial charge >= 0.3 is 5.97 Å². The fourth-order valence-electron chi connectivity index (χ4n) is 2.36. The predicted molar refractivity (Wildman–Crippen MR) is 77.0 cm³/mol. The number of carboxylic acids is 1. The number of nitrogens with zero attached hydrogens (tertiary/aromatic N) is 1. The van der Waals surface area contributed by atoms with E-state index in [1.54, 1.807) is 6.92 Å². The van der Waals surface area contributed by atoms with Crippen molar-refractivity contribution in [2.24, 2.45) is 5.92 Å². The molecule has 1 unspecified atom stereocenters. The molecule has 0 spiro atoms. The predicted octanol–water partition coefficient (Wildman–Crippen LogP) is 3.05. The highest BCUT2D eigenvalue weighted by Crippen LogP contribution is 2.33. The van der Waals surface area contributed by atoms with Gasteiger partial charge in [0, 0.05) is 23.3 Å². The highest BCUT2D eigenvalue weighted by molar-refractivity contribution is 9.10. The van der Waals surface area contributed by atoms with Crippen LogP contribution in [-0.2, 0) is 4.79 Å². The molecule has 1 atom stereocenters. The number of amides is 1. The maximum Gasteiger partial charge on any atom is 0.337 e. The summed E-state index contributed by atoms with van der Waals surface area (Å²) in [7, 11) is 0. The molecule has 1 heterocycles. The van der Waals surface area contributed by atoms with Crippen LogP contribution >= 0.6 is 27.5 Å². The number of carbonyl (C=O) groups excluding carboxylic acids is 1. The number of anilines is 1. The van der Waals surface area contributed by atoms with Crippen LogP contribution in [0.1, 0.15) is 22.3 Å². The molecule has 0 saturated carbocycles. The molecule has 1 aliphatic heterocycles. The van der Waals surface area contributed by atoms with Crippen molar-refractivity contribution in [3.63, 3.8) is 0 Å². The third-order valence-electron chi connectivity index (χ3n) is 3.19. The highest BCUT2D eigenvalue weighted by Gasteiger charge is 2.33. The van der Waals surface area contributed by atoms with E-state index in [1.807, 2.05) is 6.07 Å². The maximum absolute atomic E-state index is 12.0. The summed E-state index contributed by atoms with van der Waals surface area (Å²) < 4.78 is 0.687. The zero-order chi connectivity index (χ0) is 14.2. The first-order valence-electron chi connectivity index (χ1n) is 5.83. The van der Waals surface area contributed by atoms with E-state index in [2.05, 4.69) is 15.9 Å². The van der Waals surface area contributed by atoms with Gasteiger partial charge in [-0.15, -0.1) is 11.6 Å². The van der Waals surface area contributed by atoms with E-state index in [1.165, 1.54) is 11.0 Å². The summed E-state index contributed by atoms with van der Waals surface area (Å²) in [5, 5.41) is 9.30. The Labute approximate surface area is 124 Å². The molecular weight excluding hydrogens is 334 g/mol. The van der Waals surface area contributed by atoms with Gasteiger partial charge in [0.2, 0.25) is 5.91 Å². The lowest BCUT2D eigenvalue weighted by Gasteiger charge is -2.21. The molecule has 1 aromatic carbocycles. The van der Waals surface area contributed by atoms with Crippen molar-refractivity contribution in [1.29, 1.82) is 0 Å². The molecule has 1 saturated heterocycles. The van der Waals surface area contributed by atoms with Crippen molar-refractivity contribution in [1.82, 2.24) is 0 Å². The number of aryl methyl sites for hydroxylation is 1. The Hall–Kier alpha value is -1.07. The zero-order valence-electron chi connectivity index (χ0n) is 10.3. The van der Waals surface area contributed by atoms with Crippen molar-refractivity contribution in [2.75, 3.05) is 17.3 Å². The van der Waals surface area contributed by atoms with Crippen LogP contribution in [0.5, 0.6) is 0 Å². The average molecular weight is 347 g/mol. The van der Waals surface area contributed by atoms with Crippen LogP contribution in [0, 0.1) is 12.8 Å². The van der Waals surface area contributed by atoms with E-state index in [0.29, 0.717) is 29.0 Å². The van der Waals surface area contributed by atoms with Gasteiger partial charge in [-0.2, -0.15) is 0 Å². The first-order valence-corrected chi connectivity index (χ1v) is 7.16. The summed E-state index contributed by atoms with van der Waals surface area (Å²) in [5.41, 5.74) is 1.37. The largest absolute Gasteiger partial charge is 0.478 e. The molecule has 0 radical (unpaired) electrons. The van der Waals surface area contributed by atoms with Gasteiger partial charge in [0.25, 0.3) is 0 Å². The van der Waals surface area contributed by atoms with E-state index in [4.69, 9.17) is 11.6 Å². The van der Waals surface area contributed by atoms with Gasteiger partial charge in [-0.3, -0.25) is 4.79 Å². The molecule has 0 aromatic heterocycles. The molecule has 2 rings (SSSR count). The van der Waals surface area contributed by atoms with Crippen molar-refractivity contribution >= 4 is 45.1 Å². The number of hydrogen-bond donors (Lipinski definition) is 1. The summed E-state index contributed by atoms with van der Waals surface area (Å²) in [6.07, 6.45) is 0.373. The lowest BCUT2D eigenvalue weighted by Crippen LogP contribution is -2.27. The van der Waals surface area contributed by atoms with Crippen LogP contribution in [0.3, 0.4) is 0 Å². The van der Waals surface area contributed by atoms with Crippen molar-refractivity contribution in [3.05, 3.63) is 27.7 Å². The minimum absolute atomic E-state index is 0.0708. The topological polar surface area (TPSA) is 57.6 Å². The van der Waals surface area contributed by atoms with Crippen molar-refractivity contribution in [2.45, 2.75) is 13.3 Å².